The Morgan fingerprint density at radius 3 is 0.667 bits per heavy atom. The minimum Gasteiger partial charge on any atom is -0.256 e. The van der Waals surface area contributed by atoms with E-state index < -0.39 is 0 Å². The van der Waals surface area contributed by atoms with Crippen LogP contribution in [0.2, 0.25) is 0 Å². The molecular weight excluding hydrogens is 1790 g/mol. The molecule has 0 aliphatic heterocycles. The SMILES string of the molecule is CC(C)(c1ccc(-c2ccc3ccccc3c2)cc1)c1ccc(-c2nc(-c3ccccc3)nc(-c3ccc(-c4ccccc4)cc3)n2)cc1.CC(C)(c1ccc(-c2nc(-c3ccccc3)nc(-c3ccc(-c4ccccc4)cc3)n2)cc1)c1ccc(-c2cccc3ccccc23)cc1.CC(C)(c1ccc(-c2nc(-c3ccccc3)nc(-c3ccc(-c4ccccc4)cc3)n2)cc1)c1ccc(-c2cccc3cccnc23)cc1. The van der Waals surface area contributed by atoms with Crippen molar-refractivity contribution in [3.63, 3.8) is 0 Å². The first-order chi connectivity index (χ1) is 72.1. The van der Waals surface area contributed by atoms with E-state index >= 15 is 0 Å². The van der Waals surface area contributed by atoms with Crippen LogP contribution in [0.1, 0.15) is 74.9 Å². The lowest BCUT2D eigenvalue weighted by molar-refractivity contribution is 0.641. The highest BCUT2D eigenvalue weighted by Gasteiger charge is 2.29. The van der Waals surface area contributed by atoms with Crippen molar-refractivity contribution in [1.82, 2.24) is 49.8 Å². The van der Waals surface area contributed by atoms with Crippen molar-refractivity contribution in [3.05, 3.63) is 555 Å². The van der Waals surface area contributed by atoms with E-state index in [9.17, 15) is 0 Å². The summed E-state index contributed by atoms with van der Waals surface area (Å²) in [5, 5.41) is 6.19. The van der Waals surface area contributed by atoms with Gasteiger partial charge in [-0.2, -0.15) is 0 Å². The molecule has 0 aliphatic rings. The predicted octanol–water partition coefficient (Wildman–Crippen LogP) is 34.5. The quantitative estimate of drug-likeness (QED) is 0.0686. The molecule has 702 valence electrons. The highest BCUT2D eigenvalue weighted by Crippen LogP contribution is 2.42. The number of hydrogen-bond acceptors (Lipinski definition) is 10. The fraction of sp³-hybridized carbons (Fsp3) is 0.0657. The molecular formula is C137H104N10. The van der Waals surface area contributed by atoms with Crippen LogP contribution in [0.4, 0.5) is 0 Å². The van der Waals surface area contributed by atoms with Gasteiger partial charge in [0.1, 0.15) is 0 Å². The van der Waals surface area contributed by atoms with Crippen LogP contribution < -0.4 is 0 Å². The van der Waals surface area contributed by atoms with E-state index in [2.05, 4.69) is 447 Å². The number of para-hydroxylation sites is 1. The molecule has 0 atom stereocenters. The van der Waals surface area contributed by atoms with Crippen molar-refractivity contribution in [1.29, 1.82) is 0 Å². The number of nitrogens with zero attached hydrogens (tertiary/aromatic N) is 10. The van der Waals surface area contributed by atoms with Crippen LogP contribution in [0.3, 0.4) is 0 Å². The first-order valence-corrected chi connectivity index (χ1v) is 49.9. The molecule has 20 aromatic carbocycles. The Morgan fingerprint density at radius 1 is 0.136 bits per heavy atom. The second-order valence-corrected chi connectivity index (χ2v) is 38.7. The Morgan fingerprint density at radius 2 is 0.340 bits per heavy atom. The monoisotopic (exact) mass is 1890 g/mol. The van der Waals surface area contributed by atoms with Gasteiger partial charge in [-0.05, 0) is 128 Å². The van der Waals surface area contributed by atoms with E-state index in [-0.39, 0.29) is 16.2 Å². The third-order valence-electron chi connectivity index (χ3n) is 28.3. The first kappa shape index (κ1) is 93.3. The summed E-state index contributed by atoms with van der Waals surface area (Å²) in [6.07, 6.45) is 1.86. The molecule has 4 aromatic heterocycles. The Hall–Kier alpha value is -18.6. The highest BCUT2D eigenvalue weighted by atomic mass is 15.1. The Kier molecular flexibility index (Phi) is 26.3. The fourth-order valence-corrected chi connectivity index (χ4v) is 19.4. The van der Waals surface area contributed by atoms with E-state index in [1.54, 1.807) is 0 Å². The van der Waals surface area contributed by atoms with E-state index in [4.69, 9.17) is 44.9 Å². The van der Waals surface area contributed by atoms with Crippen molar-refractivity contribution in [3.8, 4) is 169 Å². The van der Waals surface area contributed by atoms with Crippen molar-refractivity contribution in [2.75, 3.05) is 0 Å². The molecule has 10 heteroatoms. The van der Waals surface area contributed by atoms with E-state index in [1.165, 1.54) is 93.9 Å². The van der Waals surface area contributed by atoms with Gasteiger partial charge in [-0.15, -0.1) is 0 Å². The smallest absolute Gasteiger partial charge is 0.164 e. The zero-order valence-corrected chi connectivity index (χ0v) is 82.6. The van der Waals surface area contributed by atoms with Gasteiger partial charge in [0.05, 0.1) is 5.52 Å². The maximum atomic E-state index is 4.99. The van der Waals surface area contributed by atoms with Crippen molar-refractivity contribution >= 4 is 32.4 Å². The van der Waals surface area contributed by atoms with Crippen LogP contribution in [0.15, 0.2) is 522 Å². The van der Waals surface area contributed by atoms with Gasteiger partial charge in [-0.3, -0.25) is 4.98 Å². The molecule has 0 fully saturated rings. The molecule has 147 heavy (non-hydrogen) atoms. The van der Waals surface area contributed by atoms with E-state index in [0.29, 0.717) is 52.4 Å². The summed E-state index contributed by atoms with van der Waals surface area (Å²) in [5.74, 6) is 5.87. The molecule has 0 radical (unpaired) electrons. The maximum absolute atomic E-state index is 4.99. The Labute approximate surface area is 858 Å². The lowest BCUT2D eigenvalue weighted by atomic mass is 9.77. The fourth-order valence-electron chi connectivity index (χ4n) is 19.4. The summed E-state index contributed by atoms with van der Waals surface area (Å²) >= 11 is 0. The van der Waals surface area contributed by atoms with E-state index in [0.717, 1.165) is 88.8 Å². The predicted molar refractivity (Wildman–Crippen MR) is 607 cm³/mol. The highest BCUT2D eigenvalue weighted by molar-refractivity contribution is 5.97. The largest absolute Gasteiger partial charge is 0.256 e. The molecule has 0 saturated carbocycles. The summed E-state index contributed by atoms with van der Waals surface area (Å²) in [7, 11) is 0. The van der Waals surface area contributed by atoms with Gasteiger partial charge in [-0.1, -0.05) is 545 Å². The normalized spacial score (nSPS) is 11.5. The van der Waals surface area contributed by atoms with Crippen LogP contribution in [-0.2, 0) is 16.2 Å². The standard InChI is InChI=1S/2C46H35N3.C45H34N4/c1-46(2,39-28-24-35(25-29-39)42-19-11-17-34-14-9-10-18-41(34)42)40-30-26-38(27-31-40)45-48-43(36-15-7-4-8-16-36)47-44(49-45)37-22-20-33(21-23-37)32-12-5-3-6-13-32;1-46(2,41-27-23-35(24-28-41)40-22-19-33-13-9-10-16-39(33)31-40)42-29-25-38(26-30-42)45-48-43(36-14-7-4-8-15-36)47-44(49-45)37-20-17-34(18-21-37)32-11-5-3-6-12-32;1-45(2,38-26-22-33(23-27-38)40-17-9-15-34-16-10-30-46-41(34)40)39-28-24-37(25-29-39)44-48-42(35-13-7-4-8-14-35)47-43(49-44)36-20-18-32(19-21-36)31-11-5-3-6-12-31/h2*3-31H,1-2H3;3-30H,1-2H3. The summed E-state index contributed by atoms with van der Waals surface area (Å²) < 4.78 is 0. The second kappa shape index (κ2) is 41.5. The number of rotatable bonds is 21. The molecule has 0 amide bonds. The Bertz CT molecular complexity index is 8360. The molecule has 10 nitrogen and oxygen atoms in total. The van der Waals surface area contributed by atoms with Gasteiger partial charge in [0.25, 0.3) is 0 Å². The van der Waals surface area contributed by atoms with E-state index in [1.807, 2.05) is 121 Å². The van der Waals surface area contributed by atoms with Gasteiger partial charge in [0.2, 0.25) is 0 Å². The second-order valence-electron chi connectivity index (χ2n) is 38.7. The molecule has 24 aromatic rings. The zero-order valence-electron chi connectivity index (χ0n) is 82.6. The van der Waals surface area contributed by atoms with Gasteiger partial charge in [0, 0.05) is 83.5 Å². The van der Waals surface area contributed by atoms with Gasteiger partial charge in [-0.25, -0.2) is 44.9 Å². The number of hydrogen-bond donors (Lipinski definition) is 0. The molecule has 0 bridgehead atoms. The summed E-state index contributed by atoms with van der Waals surface area (Å²) in [6.45, 7) is 13.7. The number of fused-ring (bicyclic) bond motifs is 3. The molecule has 0 unspecified atom stereocenters. The average Bonchev–Trinajstić information content (AvgIpc) is 0.781. The lowest BCUT2D eigenvalue weighted by Crippen LogP contribution is -2.18. The van der Waals surface area contributed by atoms with Crippen LogP contribution in [0.25, 0.3) is 202 Å². The maximum Gasteiger partial charge on any atom is 0.164 e. The van der Waals surface area contributed by atoms with Gasteiger partial charge < -0.3 is 0 Å². The van der Waals surface area contributed by atoms with Crippen LogP contribution in [0.5, 0.6) is 0 Å². The third-order valence-corrected chi connectivity index (χ3v) is 28.3. The summed E-state index contributed by atoms with van der Waals surface area (Å²) in [4.78, 5) is 49.2. The minimum atomic E-state index is -0.214. The van der Waals surface area contributed by atoms with Crippen LogP contribution in [-0.4, -0.2) is 49.8 Å². The van der Waals surface area contributed by atoms with Gasteiger partial charge >= 0.3 is 0 Å². The topological polar surface area (TPSA) is 129 Å². The molecule has 0 aliphatic carbocycles. The first-order valence-electron chi connectivity index (χ1n) is 49.9. The third kappa shape index (κ3) is 20.4. The molecule has 4 heterocycles. The number of benzene rings is 20. The number of aromatic nitrogens is 10. The summed E-state index contributed by atoms with van der Waals surface area (Å²) in [5.41, 5.74) is 30.6. The van der Waals surface area contributed by atoms with Crippen molar-refractivity contribution in [2.45, 2.75) is 57.8 Å². The van der Waals surface area contributed by atoms with Gasteiger partial charge in [0.15, 0.2) is 52.4 Å². The van der Waals surface area contributed by atoms with Crippen LogP contribution >= 0.6 is 0 Å². The molecule has 0 saturated heterocycles. The molecule has 24 rings (SSSR count). The Balaban J connectivity index is 0.000000125. The van der Waals surface area contributed by atoms with Crippen LogP contribution in [0, 0.1) is 0 Å². The lowest BCUT2D eigenvalue weighted by Gasteiger charge is -2.26. The minimum absolute atomic E-state index is 0.194. The average molecular weight is 1890 g/mol. The number of pyridine rings is 1. The molecule has 0 spiro atoms. The zero-order chi connectivity index (χ0) is 99.6. The molecule has 0 N–H and O–H groups in total. The summed E-state index contributed by atoms with van der Waals surface area (Å²) in [6, 6.07) is 180. The van der Waals surface area contributed by atoms with Crippen molar-refractivity contribution < 1.29 is 0 Å². The van der Waals surface area contributed by atoms with Crippen molar-refractivity contribution in [2.24, 2.45) is 0 Å².